The lowest BCUT2D eigenvalue weighted by atomic mass is 9.63. The van der Waals surface area contributed by atoms with Crippen LogP contribution in [0.25, 0.3) is 6.08 Å². The lowest BCUT2D eigenvalue weighted by Crippen LogP contribution is -2.38. The molecule has 0 spiro atoms. The quantitative estimate of drug-likeness (QED) is 0.729. The number of hydrogen-bond donors (Lipinski definition) is 0. The third kappa shape index (κ3) is 2.12. The Bertz CT molecular complexity index is 592. The maximum absolute atomic E-state index is 12.7. The fourth-order valence-electron chi connectivity index (χ4n) is 2.99. The molecule has 1 unspecified atom stereocenters. The molecule has 1 aromatic heterocycles. The summed E-state index contributed by atoms with van der Waals surface area (Å²) in [5.41, 5.74) is 1.52. The molecule has 0 aromatic carbocycles. The number of rotatable bonds is 1. The molecule has 1 heterocycles. The zero-order chi connectivity index (χ0) is 13.5. The summed E-state index contributed by atoms with van der Waals surface area (Å²) in [5.74, 6) is 0.386. The first-order chi connectivity index (χ1) is 9.09. The molecule has 0 bridgehead atoms. The van der Waals surface area contributed by atoms with Crippen LogP contribution < -0.4 is 0 Å². The number of fused-ring (bicyclic) bond motifs is 1. The van der Waals surface area contributed by atoms with Gasteiger partial charge in [-0.25, -0.2) is 0 Å². The van der Waals surface area contributed by atoms with Gasteiger partial charge in [0.25, 0.3) is 0 Å². The van der Waals surface area contributed by atoms with Crippen molar-refractivity contribution in [3.05, 3.63) is 39.6 Å². The van der Waals surface area contributed by atoms with Crippen LogP contribution in [-0.2, 0) is 9.59 Å². The third-order valence-electron chi connectivity index (χ3n) is 4.23. The van der Waals surface area contributed by atoms with E-state index in [2.05, 4.69) is 0 Å². The molecule has 0 saturated heterocycles. The van der Waals surface area contributed by atoms with E-state index in [0.717, 1.165) is 28.9 Å². The molecular formula is C16H16O2S. The van der Waals surface area contributed by atoms with Crippen molar-refractivity contribution in [3.8, 4) is 0 Å². The molecular weight excluding hydrogens is 256 g/mol. The fraction of sp³-hybridized carbons (Fsp3) is 0.375. The van der Waals surface area contributed by atoms with Gasteiger partial charge < -0.3 is 0 Å². The second-order valence-corrected chi connectivity index (χ2v) is 6.46. The summed E-state index contributed by atoms with van der Waals surface area (Å²) in [6.07, 6.45) is 6.49. The summed E-state index contributed by atoms with van der Waals surface area (Å²) < 4.78 is 0. The normalized spacial score (nSPS) is 29.3. The maximum atomic E-state index is 12.7. The number of allylic oxidation sites excluding steroid dienone is 3. The van der Waals surface area contributed by atoms with E-state index < -0.39 is 5.41 Å². The van der Waals surface area contributed by atoms with Crippen LogP contribution in [0.2, 0.25) is 0 Å². The predicted octanol–water partition coefficient (Wildman–Crippen LogP) is 3.79. The lowest BCUT2D eigenvalue weighted by molar-refractivity contribution is -0.125. The summed E-state index contributed by atoms with van der Waals surface area (Å²) in [7, 11) is 0. The van der Waals surface area contributed by atoms with Gasteiger partial charge in [0.2, 0.25) is 0 Å². The number of carbonyl (C=O) groups excluding carboxylic acids is 2. The van der Waals surface area contributed by atoms with E-state index in [4.69, 9.17) is 0 Å². The number of thiophene rings is 1. The Morgan fingerprint density at radius 1 is 1.26 bits per heavy atom. The van der Waals surface area contributed by atoms with Gasteiger partial charge in [-0.1, -0.05) is 11.6 Å². The van der Waals surface area contributed by atoms with Gasteiger partial charge in [-0.15, -0.1) is 11.3 Å². The summed E-state index contributed by atoms with van der Waals surface area (Å²) in [4.78, 5) is 25.3. The highest BCUT2D eigenvalue weighted by Gasteiger charge is 2.43. The summed E-state index contributed by atoms with van der Waals surface area (Å²) in [6, 6.07) is 4.03. The van der Waals surface area contributed by atoms with Gasteiger partial charge in [-0.3, -0.25) is 9.59 Å². The second-order valence-electron chi connectivity index (χ2n) is 5.48. The van der Waals surface area contributed by atoms with E-state index in [-0.39, 0.29) is 11.6 Å². The topological polar surface area (TPSA) is 34.1 Å². The monoisotopic (exact) mass is 272 g/mol. The smallest absolute Gasteiger partial charge is 0.168 e. The largest absolute Gasteiger partial charge is 0.295 e. The molecule has 2 aliphatic carbocycles. The SMILES string of the molecule is CC12CCC(=O)C=C1CC/C(=C/c1cccs1)C2=O. The zero-order valence-corrected chi connectivity index (χ0v) is 11.8. The van der Waals surface area contributed by atoms with Crippen molar-refractivity contribution in [2.24, 2.45) is 5.41 Å². The Labute approximate surface area is 116 Å². The molecule has 1 atom stereocenters. The van der Waals surface area contributed by atoms with E-state index in [1.165, 1.54) is 0 Å². The van der Waals surface area contributed by atoms with Crippen molar-refractivity contribution in [1.29, 1.82) is 0 Å². The van der Waals surface area contributed by atoms with Gasteiger partial charge in [0.05, 0.1) is 5.41 Å². The zero-order valence-electron chi connectivity index (χ0n) is 10.9. The molecule has 0 N–H and O–H groups in total. The highest BCUT2D eigenvalue weighted by molar-refractivity contribution is 7.10. The van der Waals surface area contributed by atoms with Crippen LogP contribution in [0, 0.1) is 5.41 Å². The molecule has 1 saturated carbocycles. The van der Waals surface area contributed by atoms with Gasteiger partial charge in [0, 0.05) is 11.3 Å². The van der Waals surface area contributed by atoms with E-state index in [9.17, 15) is 9.59 Å². The minimum absolute atomic E-state index is 0.172. The van der Waals surface area contributed by atoms with Crippen LogP contribution in [0.3, 0.4) is 0 Å². The van der Waals surface area contributed by atoms with E-state index >= 15 is 0 Å². The number of hydrogen-bond acceptors (Lipinski definition) is 3. The van der Waals surface area contributed by atoms with Crippen molar-refractivity contribution in [1.82, 2.24) is 0 Å². The standard InChI is InChI=1S/C16H16O2S/c1-16-7-6-13(17)10-12(16)5-4-11(15(16)18)9-14-3-2-8-19-14/h2-3,8-10H,4-7H2,1H3/b11-9-. The van der Waals surface area contributed by atoms with Gasteiger partial charge in [0.1, 0.15) is 0 Å². The average Bonchev–Trinajstić information content (AvgIpc) is 2.89. The van der Waals surface area contributed by atoms with Crippen LogP contribution in [-0.4, -0.2) is 11.6 Å². The van der Waals surface area contributed by atoms with E-state index in [1.807, 2.05) is 30.5 Å². The first kappa shape index (κ1) is 12.5. The number of Topliss-reactive ketones (excluding diaryl/α,β-unsaturated/α-hetero) is 1. The fourth-order valence-corrected chi connectivity index (χ4v) is 3.67. The Hall–Kier alpha value is -1.48. The predicted molar refractivity (Wildman–Crippen MR) is 77.0 cm³/mol. The van der Waals surface area contributed by atoms with Crippen LogP contribution in [0.15, 0.2) is 34.7 Å². The molecule has 0 radical (unpaired) electrons. The minimum atomic E-state index is -0.435. The molecule has 1 fully saturated rings. The van der Waals surface area contributed by atoms with Crippen molar-refractivity contribution in [2.75, 3.05) is 0 Å². The summed E-state index contributed by atoms with van der Waals surface area (Å²) in [5, 5.41) is 2.02. The van der Waals surface area contributed by atoms with Crippen molar-refractivity contribution in [3.63, 3.8) is 0 Å². The van der Waals surface area contributed by atoms with Gasteiger partial charge in [-0.05, 0) is 55.4 Å². The Morgan fingerprint density at radius 3 is 2.84 bits per heavy atom. The maximum Gasteiger partial charge on any atom is 0.168 e. The average molecular weight is 272 g/mol. The number of carbonyl (C=O) groups is 2. The van der Waals surface area contributed by atoms with E-state index in [0.29, 0.717) is 12.8 Å². The first-order valence-corrected chi connectivity index (χ1v) is 7.50. The molecule has 98 valence electrons. The molecule has 2 aliphatic rings. The van der Waals surface area contributed by atoms with Gasteiger partial charge >= 0.3 is 0 Å². The molecule has 0 amide bonds. The lowest BCUT2D eigenvalue weighted by Gasteiger charge is -2.38. The Kier molecular flexibility index (Phi) is 3.02. The van der Waals surface area contributed by atoms with Crippen LogP contribution in [0.4, 0.5) is 0 Å². The van der Waals surface area contributed by atoms with Crippen molar-refractivity contribution >= 4 is 29.0 Å². The molecule has 3 rings (SSSR count). The third-order valence-corrected chi connectivity index (χ3v) is 5.05. The Morgan fingerprint density at radius 2 is 2.11 bits per heavy atom. The molecule has 19 heavy (non-hydrogen) atoms. The first-order valence-electron chi connectivity index (χ1n) is 6.62. The molecule has 2 nitrogen and oxygen atoms in total. The highest BCUT2D eigenvalue weighted by Crippen LogP contribution is 2.46. The summed E-state index contributed by atoms with van der Waals surface area (Å²) in [6.45, 7) is 2.00. The summed E-state index contributed by atoms with van der Waals surface area (Å²) >= 11 is 1.65. The van der Waals surface area contributed by atoms with Crippen molar-refractivity contribution in [2.45, 2.75) is 32.6 Å². The van der Waals surface area contributed by atoms with Gasteiger partial charge in [-0.2, -0.15) is 0 Å². The van der Waals surface area contributed by atoms with Crippen LogP contribution in [0.1, 0.15) is 37.5 Å². The van der Waals surface area contributed by atoms with Crippen LogP contribution >= 0.6 is 11.3 Å². The highest BCUT2D eigenvalue weighted by atomic mass is 32.1. The van der Waals surface area contributed by atoms with E-state index in [1.54, 1.807) is 17.4 Å². The number of ketones is 2. The van der Waals surface area contributed by atoms with Crippen LogP contribution in [0.5, 0.6) is 0 Å². The molecule has 1 aromatic rings. The second kappa shape index (κ2) is 4.57. The molecule has 0 aliphatic heterocycles. The molecule has 3 heteroatoms. The van der Waals surface area contributed by atoms with Crippen molar-refractivity contribution < 1.29 is 9.59 Å². The Balaban J connectivity index is 1.96. The minimum Gasteiger partial charge on any atom is -0.295 e. The van der Waals surface area contributed by atoms with Gasteiger partial charge in [0.15, 0.2) is 11.6 Å².